The first kappa shape index (κ1) is 13.7. The lowest BCUT2D eigenvalue weighted by Gasteiger charge is -2.18. The molecule has 2 aromatic rings. The van der Waals surface area contributed by atoms with Gasteiger partial charge in [-0.2, -0.15) is 5.10 Å². The van der Waals surface area contributed by atoms with Crippen molar-refractivity contribution in [2.75, 3.05) is 0 Å². The molecule has 19 heavy (non-hydrogen) atoms. The zero-order valence-corrected chi connectivity index (χ0v) is 12.3. The van der Waals surface area contributed by atoms with Crippen LogP contribution in [-0.2, 0) is 4.74 Å². The van der Waals surface area contributed by atoms with Crippen molar-refractivity contribution in [3.8, 4) is 0 Å². The van der Waals surface area contributed by atoms with Crippen LogP contribution in [0.15, 0.2) is 16.7 Å². The molecule has 2 aromatic heterocycles. The Morgan fingerprint density at radius 2 is 2.16 bits per heavy atom. The third-order valence-electron chi connectivity index (χ3n) is 2.20. The maximum atomic E-state index is 12.0. The Bertz CT molecular complexity index is 658. The lowest BCUT2D eigenvalue weighted by Crippen LogP contribution is -2.28. The minimum Gasteiger partial charge on any atom is -0.442 e. The molecular weight excluding hydrogens is 314 g/mol. The fourth-order valence-corrected chi connectivity index (χ4v) is 1.85. The van der Waals surface area contributed by atoms with Crippen LogP contribution in [0.4, 0.5) is 4.79 Å². The van der Waals surface area contributed by atoms with Crippen molar-refractivity contribution >= 4 is 39.3 Å². The van der Waals surface area contributed by atoms with E-state index in [0.29, 0.717) is 21.8 Å². The Kier molecular flexibility index (Phi) is 3.40. The summed E-state index contributed by atoms with van der Waals surface area (Å²) in [5.74, 6) is 0. The van der Waals surface area contributed by atoms with Gasteiger partial charge in [-0.15, -0.1) is 4.68 Å². The number of carbonyl (C=O) groups excluding carboxylic acids is 2. The first-order chi connectivity index (χ1) is 8.81. The number of hydrogen-bond acceptors (Lipinski definition) is 5. The van der Waals surface area contributed by atoms with E-state index in [2.05, 4.69) is 26.0 Å². The average Bonchev–Trinajstić information content (AvgIpc) is 2.64. The van der Waals surface area contributed by atoms with E-state index in [-0.39, 0.29) is 5.69 Å². The number of rotatable bonds is 1. The first-order valence-corrected chi connectivity index (χ1v) is 6.34. The average molecular weight is 326 g/mol. The summed E-state index contributed by atoms with van der Waals surface area (Å²) in [6, 6.07) is 1.68. The number of pyridine rings is 1. The summed E-state index contributed by atoms with van der Waals surface area (Å²) in [4.78, 5) is 27.1. The van der Waals surface area contributed by atoms with Gasteiger partial charge in [0.2, 0.25) is 0 Å². The van der Waals surface area contributed by atoms with E-state index in [1.165, 1.54) is 6.20 Å². The predicted molar refractivity (Wildman–Crippen MR) is 72.2 cm³/mol. The molecule has 0 atom stereocenters. The van der Waals surface area contributed by atoms with Crippen molar-refractivity contribution in [2.45, 2.75) is 26.4 Å². The largest absolute Gasteiger partial charge is 0.442 e. The highest BCUT2D eigenvalue weighted by molar-refractivity contribution is 9.10. The third-order valence-corrected chi connectivity index (χ3v) is 2.63. The van der Waals surface area contributed by atoms with Crippen molar-refractivity contribution < 1.29 is 14.3 Å². The maximum Gasteiger partial charge on any atom is 0.437 e. The number of hydrogen-bond donors (Lipinski definition) is 0. The van der Waals surface area contributed by atoms with Crippen molar-refractivity contribution in [3.63, 3.8) is 0 Å². The summed E-state index contributed by atoms with van der Waals surface area (Å²) in [5, 5.41) is 4.42. The van der Waals surface area contributed by atoms with Crippen molar-refractivity contribution in [1.29, 1.82) is 0 Å². The molecule has 0 radical (unpaired) electrons. The van der Waals surface area contributed by atoms with E-state index in [1.807, 2.05) is 0 Å². The van der Waals surface area contributed by atoms with Gasteiger partial charge in [0, 0.05) is 10.7 Å². The van der Waals surface area contributed by atoms with Crippen LogP contribution in [0.5, 0.6) is 0 Å². The monoisotopic (exact) mass is 325 g/mol. The number of ether oxygens (including phenoxy) is 1. The van der Waals surface area contributed by atoms with Crippen LogP contribution in [0, 0.1) is 0 Å². The quantitative estimate of drug-likeness (QED) is 0.753. The van der Waals surface area contributed by atoms with E-state index >= 15 is 0 Å². The normalized spacial score (nSPS) is 11.6. The fourth-order valence-electron chi connectivity index (χ4n) is 1.52. The second kappa shape index (κ2) is 4.73. The Morgan fingerprint density at radius 3 is 2.74 bits per heavy atom. The van der Waals surface area contributed by atoms with Gasteiger partial charge < -0.3 is 4.74 Å². The summed E-state index contributed by atoms with van der Waals surface area (Å²) in [7, 11) is 0. The summed E-state index contributed by atoms with van der Waals surface area (Å²) in [6.45, 7) is 5.25. The third kappa shape index (κ3) is 2.81. The SMILES string of the molecule is CC(C)(C)OC(=O)n1nc(C=O)c2cc(Br)cnc21. The fraction of sp³-hybridized carbons (Fsp3) is 0.333. The Labute approximate surface area is 117 Å². The molecule has 0 aliphatic rings. The molecule has 0 bridgehead atoms. The highest BCUT2D eigenvalue weighted by atomic mass is 79.9. The van der Waals surface area contributed by atoms with Gasteiger partial charge >= 0.3 is 6.09 Å². The molecule has 0 saturated carbocycles. The second-order valence-electron chi connectivity index (χ2n) is 4.92. The Balaban J connectivity index is 2.55. The van der Waals surface area contributed by atoms with E-state index in [0.717, 1.165) is 4.68 Å². The Hall–Kier alpha value is -1.76. The highest BCUT2D eigenvalue weighted by Crippen LogP contribution is 2.21. The van der Waals surface area contributed by atoms with E-state index in [9.17, 15) is 9.59 Å². The summed E-state index contributed by atoms with van der Waals surface area (Å²) in [6.07, 6.45) is 1.44. The molecule has 0 spiro atoms. The molecule has 0 amide bonds. The minimum atomic E-state index is -0.666. The molecule has 7 heteroatoms. The van der Waals surface area contributed by atoms with E-state index < -0.39 is 11.7 Å². The number of carbonyl (C=O) groups is 2. The standard InChI is InChI=1S/C12H12BrN3O3/c1-12(2,3)19-11(18)16-10-8(9(6-17)15-16)4-7(13)5-14-10/h4-6H,1-3H3. The minimum absolute atomic E-state index is 0.148. The first-order valence-electron chi connectivity index (χ1n) is 5.54. The lowest BCUT2D eigenvalue weighted by atomic mass is 10.2. The molecule has 100 valence electrons. The van der Waals surface area contributed by atoms with Gasteiger partial charge in [0.1, 0.15) is 11.3 Å². The van der Waals surface area contributed by atoms with Crippen LogP contribution in [0.3, 0.4) is 0 Å². The van der Waals surface area contributed by atoms with Crippen LogP contribution in [0.25, 0.3) is 11.0 Å². The van der Waals surface area contributed by atoms with Gasteiger partial charge in [0.05, 0.1) is 5.39 Å². The van der Waals surface area contributed by atoms with E-state index in [1.54, 1.807) is 26.8 Å². The summed E-state index contributed by atoms with van der Waals surface area (Å²) < 4.78 is 6.91. The predicted octanol–water partition coefficient (Wildman–Crippen LogP) is 2.79. The van der Waals surface area contributed by atoms with Gasteiger partial charge in [-0.25, -0.2) is 9.78 Å². The van der Waals surface area contributed by atoms with Crippen LogP contribution < -0.4 is 0 Å². The molecule has 0 aliphatic carbocycles. The molecular formula is C12H12BrN3O3. The number of aldehydes is 1. The molecule has 6 nitrogen and oxygen atoms in total. The van der Waals surface area contributed by atoms with Crippen LogP contribution in [0.2, 0.25) is 0 Å². The zero-order chi connectivity index (χ0) is 14.2. The lowest BCUT2D eigenvalue weighted by molar-refractivity contribution is 0.0521. The van der Waals surface area contributed by atoms with Gasteiger partial charge in [0.15, 0.2) is 11.9 Å². The van der Waals surface area contributed by atoms with Gasteiger partial charge in [-0.05, 0) is 42.8 Å². The number of nitrogens with zero attached hydrogens (tertiary/aromatic N) is 3. The summed E-state index contributed by atoms with van der Waals surface area (Å²) in [5.41, 5.74) is -0.208. The molecule has 0 aliphatic heterocycles. The topological polar surface area (TPSA) is 74.1 Å². The van der Waals surface area contributed by atoms with Gasteiger partial charge in [-0.1, -0.05) is 0 Å². The smallest absolute Gasteiger partial charge is 0.437 e. The number of aromatic nitrogens is 3. The molecule has 0 aromatic carbocycles. The maximum absolute atomic E-state index is 12.0. The second-order valence-corrected chi connectivity index (χ2v) is 5.84. The molecule has 2 heterocycles. The number of fused-ring (bicyclic) bond motifs is 1. The van der Waals surface area contributed by atoms with Crippen LogP contribution in [0.1, 0.15) is 31.3 Å². The van der Waals surface area contributed by atoms with Crippen molar-refractivity contribution in [2.24, 2.45) is 0 Å². The van der Waals surface area contributed by atoms with Crippen molar-refractivity contribution in [1.82, 2.24) is 14.8 Å². The zero-order valence-electron chi connectivity index (χ0n) is 10.7. The van der Waals surface area contributed by atoms with Crippen LogP contribution >= 0.6 is 15.9 Å². The van der Waals surface area contributed by atoms with Gasteiger partial charge in [-0.3, -0.25) is 4.79 Å². The van der Waals surface area contributed by atoms with E-state index in [4.69, 9.17) is 4.74 Å². The van der Waals surface area contributed by atoms with Gasteiger partial charge in [0.25, 0.3) is 0 Å². The molecule has 0 N–H and O–H groups in total. The Morgan fingerprint density at radius 1 is 1.47 bits per heavy atom. The molecule has 0 saturated heterocycles. The van der Waals surface area contributed by atoms with Crippen molar-refractivity contribution in [3.05, 3.63) is 22.4 Å². The molecule has 2 rings (SSSR count). The number of halogens is 1. The molecule has 0 fully saturated rings. The molecule has 0 unspecified atom stereocenters. The highest BCUT2D eigenvalue weighted by Gasteiger charge is 2.22. The van der Waals surface area contributed by atoms with Crippen LogP contribution in [-0.4, -0.2) is 32.7 Å². The summed E-state index contributed by atoms with van der Waals surface area (Å²) >= 11 is 3.26.